The molecule has 178 valence electrons. The molecule has 7 nitrogen and oxygen atoms in total. The van der Waals surface area contributed by atoms with E-state index in [0.29, 0.717) is 35.3 Å². The minimum absolute atomic E-state index is 0.00716. The average molecular weight is 482 g/mol. The minimum Gasteiger partial charge on any atom is -0.494 e. The largest absolute Gasteiger partial charge is 0.494 e. The van der Waals surface area contributed by atoms with Crippen LogP contribution in [0.2, 0.25) is 0 Å². The normalized spacial score (nSPS) is 21.2. The third-order valence-electron chi connectivity index (χ3n) is 6.61. The van der Waals surface area contributed by atoms with Gasteiger partial charge in [0.1, 0.15) is 11.3 Å². The number of sulfone groups is 1. The maximum Gasteiger partial charge on any atom is 0.291 e. The van der Waals surface area contributed by atoms with E-state index in [1.54, 1.807) is 24.3 Å². The molecule has 0 radical (unpaired) electrons. The summed E-state index contributed by atoms with van der Waals surface area (Å²) in [6.07, 6.45) is 3.43. The van der Waals surface area contributed by atoms with Gasteiger partial charge in [-0.15, -0.1) is 0 Å². The molecule has 1 fully saturated rings. The highest BCUT2D eigenvalue weighted by atomic mass is 32.2. The monoisotopic (exact) mass is 481 g/mol. The van der Waals surface area contributed by atoms with Crippen molar-refractivity contribution in [2.45, 2.75) is 44.7 Å². The maximum atomic E-state index is 13.6. The molecule has 5 rings (SSSR count). The average Bonchev–Trinajstić information content (AvgIpc) is 3.33. The fourth-order valence-electron chi connectivity index (χ4n) is 4.95. The number of carbonyl (C=O) groups is 1. The first-order chi connectivity index (χ1) is 16.4. The zero-order valence-electron chi connectivity index (χ0n) is 19.0. The van der Waals surface area contributed by atoms with Crippen LogP contribution in [-0.2, 0) is 9.84 Å². The SMILES string of the molecule is CCCCCOc1cccc(C2c3c(oc4ccccc4c3=O)C(=O)N2C2CCS(=O)(=O)C2)c1. The summed E-state index contributed by atoms with van der Waals surface area (Å²) in [5.41, 5.74) is 1.03. The van der Waals surface area contributed by atoms with Crippen LogP contribution in [0.15, 0.2) is 57.7 Å². The molecule has 2 aliphatic heterocycles. The number of benzene rings is 2. The van der Waals surface area contributed by atoms with Crippen LogP contribution in [0.5, 0.6) is 5.75 Å². The van der Waals surface area contributed by atoms with E-state index >= 15 is 0 Å². The quantitative estimate of drug-likeness (QED) is 0.472. The van der Waals surface area contributed by atoms with E-state index in [1.807, 2.05) is 24.3 Å². The summed E-state index contributed by atoms with van der Waals surface area (Å²) in [5.74, 6) is 0.101. The third-order valence-corrected chi connectivity index (χ3v) is 8.36. The van der Waals surface area contributed by atoms with E-state index in [1.165, 1.54) is 4.90 Å². The highest BCUT2D eigenvalue weighted by Gasteiger charge is 2.48. The summed E-state index contributed by atoms with van der Waals surface area (Å²) in [4.78, 5) is 28.7. The van der Waals surface area contributed by atoms with Gasteiger partial charge in [-0.05, 0) is 42.7 Å². The van der Waals surface area contributed by atoms with Crippen molar-refractivity contribution in [1.82, 2.24) is 4.90 Å². The van der Waals surface area contributed by atoms with Gasteiger partial charge >= 0.3 is 0 Å². The molecule has 0 aliphatic carbocycles. The summed E-state index contributed by atoms with van der Waals surface area (Å²) in [6, 6.07) is 12.9. The van der Waals surface area contributed by atoms with Gasteiger partial charge in [0.15, 0.2) is 15.3 Å². The van der Waals surface area contributed by atoms with Crippen LogP contribution in [0.3, 0.4) is 0 Å². The third kappa shape index (κ3) is 4.00. The molecular weight excluding hydrogens is 454 g/mol. The van der Waals surface area contributed by atoms with Gasteiger partial charge in [-0.2, -0.15) is 0 Å². The molecule has 1 saturated heterocycles. The van der Waals surface area contributed by atoms with Crippen LogP contribution < -0.4 is 10.2 Å². The molecule has 3 aromatic rings. The van der Waals surface area contributed by atoms with Crippen molar-refractivity contribution in [3.05, 3.63) is 75.6 Å². The Hall–Kier alpha value is -3.13. The predicted molar refractivity (Wildman–Crippen MR) is 129 cm³/mol. The zero-order chi connectivity index (χ0) is 23.9. The first-order valence-corrected chi connectivity index (χ1v) is 13.5. The second-order valence-electron chi connectivity index (χ2n) is 8.97. The van der Waals surface area contributed by atoms with Crippen molar-refractivity contribution in [2.24, 2.45) is 0 Å². The van der Waals surface area contributed by atoms with Crippen LogP contribution in [0.4, 0.5) is 0 Å². The number of hydrogen-bond acceptors (Lipinski definition) is 6. The van der Waals surface area contributed by atoms with Gasteiger partial charge in [-0.1, -0.05) is 44.0 Å². The number of carbonyl (C=O) groups excluding carboxylic acids is 1. The molecule has 2 aromatic carbocycles. The number of amides is 1. The molecule has 2 aliphatic rings. The lowest BCUT2D eigenvalue weighted by atomic mass is 9.97. The van der Waals surface area contributed by atoms with Crippen molar-refractivity contribution in [2.75, 3.05) is 18.1 Å². The van der Waals surface area contributed by atoms with Gasteiger partial charge in [0.25, 0.3) is 5.91 Å². The lowest BCUT2D eigenvalue weighted by Crippen LogP contribution is -2.40. The van der Waals surface area contributed by atoms with Crippen molar-refractivity contribution in [1.29, 1.82) is 0 Å². The molecule has 0 saturated carbocycles. The van der Waals surface area contributed by atoms with E-state index < -0.39 is 27.8 Å². The summed E-state index contributed by atoms with van der Waals surface area (Å²) in [5, 5.41) is 0.395. The number of unbranched alkanes of at least 4 members (excludes halogenated alkanes) is 2. The second-order valence-corrected chi connectivity index (χ2v) is 11.2. The summed E-state index contributed by atoms with van der Waals surface area (Å²) < 4.78 is 36.4. The van der Waals surface area contributed by atoms with E-state index in [-0.39, 0.29) is 28.3 Å². The molecule has 8 heteroatoms. The molecule has 1 aromatic heterocycles. The topological polar surface area (TPSA) is 93.9 Å². The van der Waals surface area contributed by atoms with Gasteiger partial charge < -0.3 is 14.1 Å². The predicted octanol–water partition coefficient (Wildman–Crippen LogP) is 4.09. The number of para-hydroxylation sites is 1. The van der Waals surface area contributed by atoms with E-state index in [0.717, 1.165) is 19.3 Å². The van der Waals surface area contributed by atoms with E-state index in [9.17, 15) is 18.0 Å². The number of hydrogen-bond donors (Lipinski definition) is 0. The first kappa shape index (κ1) is 22.7. The Bertz CT molecular complexity index is 1410. The fraction of sp³-hybridized carbons (Fsp3) is 0.385. The fourth-order valence-corrected chi connectivity index (χ4v) is 6.66. The highest BCUT2D eigenvalue weighted by Crippen LogP contribution is 2.42. The molecule has 1 amide bonds. The highest BCUT2D eigenvalue weighted by molar-refractivity contribution is 7.91. The van der Waals surface area contributed by atoms with Crippen LogP contribution in [0.1, 0.15) is 60.3 Å². The Kier molecular flexibility index (Phi) is 5.93. The smallest absolute Gasteiger partial charge is 0.291 e. The number of ether oxygens (including phenoxy) is 1. The van der Waals surface area contributed by atoms with Crippen molar-refractivity contribution < 1.29 is 22.4 Å². The van der Waals surface area contributed by atoms with Gasteiger partial charge in [0.2, 0.25) is 5.76 Å². The maximum absolute atomic E-state index is 13.6. The summed E-state index contributed by atoms with van der Waals surface area (Å²) in [6.45, 7) is 2.71. The Morgan fingerprint density at radius 2 is 1.91 bits per heavy atom. The molecule has 0 bridgehead atoms. The lowest BCUT2D eigenvalue weighted by molar-refractivity contribution is 0.0662. The Balaban J connectivity index is 1.62. The van der Waals surface area contributed by atoms with Crippen molar-refractivity contribution in [3.8, 4) is 5.75 Å². The molecule has 0 N–H and O–H groups in total. The summed E-state index contributed by atoms with van der Waals surface area (Å²) in [7, 11) is -3.25. The number of rotatable bonds is 7. The van der Waals surface area contributed by atoms with E-state index in [4.69, 9.17) is 9.15 Å². The van der Waals surface area contributed by atoms with E-state index in [2.05, 4.69) is 6.92 Å². The van der Waals surface area contributed by atoms with Gasteiger partial charge in [0, 0.05) is 6.04 Å². The molecule has 34 heavy (non-hydrogen) atoms. The van der Waals surface area contributed by atoms with Crippen molar-refractivity contribution >= 4 is 26.7 Å². The lowest BCUT2D eigenvalue weighted by Gasteiger charge is -2.30. The molecule has 2 atom stereocenters. The molecule has 0 spiro atoms. The van der Waals surface area contributed by atoms with Crippen LogP contribution in [0.25, 0.3) is 11.0 Å². The Morgan fingerprint density at radius 1 is 1.09 bits per heavy atom. The van der Waals surface area contributed by atoms with Crippen molar-refractivity contribution in [3.63, 3.8) is 0 Å². The number of fused-ring (bicyclic) bond motifs is 2. The van der Waals surface area contributed by atoms with Gasteiger partial charge in [-0.25, -0.2) is 8.42 Å². The Morgan fingerprint density at radius 3 is 2.68 bits per heavy atom. The Labute approximate surface area is 198 Å². The van der Waals surface area contributed by atoms with Crippen LogP contribution in [0, 0.1) is 0 Å². The van der Waals surface area contributed by atoms with Gasteiger partial charge in [-0.3, -0.25) is 9.59 Å². The van der Waals surface area contributed by atoms with Crippen LogP contribution >= 0.6 is 0 Å². The van der Waals surface area contributed by atoms with Crippen LogP contribution in [-0.4, -0.2) is 43.4 Å². The first-order valence-electron chi connectivity index (χ1n) is 11.7. The second kappa shape index (κ2) is 8.91. The minimum atomic E-state index is -3.25. The molecular formula is C26H27NO6S. The molecule has 3 heterocycles. The van der Waals surface area contributed by atoms with Gasteiger partial charge in [0.05, 0.1) is 35.1 Å². The summed E-state index contributed by atoms with van der Waals surface area (Å²) >= 11 is 0. The molecule has 2 unspecified atom stereocenters. The zero-order valence-corrected chi connectivity index (χ0v) is 19.8. The number of nitrogens with zero attached hydrogens (tertiary/aromatic N) is 1. The standard InChI is InChI=1S/C26H27NO6S/c1-2-3-6-13-32-19-9-7-8-17(15-19)23-22-24(28)20-10-4-5-11-21(20)33-25(22)26(29)27(23)18-12-14-34(30,31)16-18/h4-5,7-11,15,18,23H,2-3,6,12-14,16H2,1H3.